The van der Waals surface area contributed by atoms with Gasteiger partial charge in [0, 0.05) is 18.0 Å². The van der Waals surface area contributed by atoms with Crippen molar-refractivity contribution in [3.63, 3.8) is 0 Å². The topological polar surface area (TPSA) is 56.1 Å². The molecule has 0 spiro atoms. The normalized spacial score (nSPS) is 13.7. The van der Waals surface area contributed by atoms with Crippen molar-refractivity contribution in [3.05, 3.63) is 24.3 Å². The zero-order chi connectivity index (χ0) is 15.8. The number of carbonyl (C=O) groups excluding carboxylic acids is 1. The molecule has 1 aromatic rings. The van der Waals surface area contributed by atoms with Gasteiger partial charge in [-0.25, -0.2) is 0 Å². The monoisotopic (exact) mass is 351 g/mol. The van der Waals surface area contributed by atoms with E-state index in [-0.39, 0.29) is 5.91 Å². The van der Waals surface area contributed by atoms with E-state index in [0.29, 0.717) is 11.5 Å². The highest BCUT2D eigenvalue weighted by molar-refractivity contribution is 8.23. The number of likely N-dealkylation sites (tertiary alicyclic amines) is 1. The highest BCUT2D eigenvalue weighted by Crippen LogP contribution is 2.26. The summed E-state index contributed by atoms with van der Waals surface area (Å²) in [5, 5.41) is 11.6. The molecule has 1 fully saturated rings. The number of amides is 1. The van der Waals surface area contributed by atoms with Gasteiger partial charge in [-0.1, -0.05) is 36.1 Å². The molecule has 7 heteroatoms. The maximum atomic E-state index is 12.1. The van der Waals surface area contributed by atoms with E-state index in [1.165, 1.54) is 36.4 Å². The summed E-state index contributed by atoms with van der Waals surface area (Å²) in [4.78, 5) is 15.1. The number of nitrogens with one attached hydrogen (secondary N) is 1. The summed E-state index contributed by atoms with van der Waals surface area (Å²) < 4.78 is 0.805. The van der Waals surface area contributed by atoms with Crippen molar-refractivity contribution in [2.24, 2.45) is 0 Å². The lowest BCUT2D eigenvalue weighted by Crippen LogP contribution is -2.25. The summed E-state index contributed by atoms with van der Waals surface area (Å²) in [6.45, 7) is 2.00. The Morgan fingerprint density at radius 2 is 2.09 bits per heavy atom. The van der Waals surface area contributed by atoms with E-state index in [1.807, 2.05) is 24.3 Å². The minimum atomic E-state index is -0.0726. The minimum absolute atomic E-state index is 0.0726. The average Bonchev–Trinajstić information content (AvgIpc) is 3.06. The number of benzene rings is 1. The SMILES string of the molecule is N#CCSc1ccccc1NC(=O)CSC(=S)N1CCCC1. The molecular weight excluding hydrogens is 334 g/mol. The molecular formula is C15H17N3OS3. The van der Waals surface area contributed by atoms with E-state index >= 15 is 0 Å². The van der Waals surface area contributed by atoms with Gasteiger partial charge in [0.05, 0.1) is 23.3 Å². The Balaban J connectivity index is 1.84. The van der Waals surface area contributed by atoms with Crippen LogP contribution in [0, 0.1) is 11.3 Å². The molecule has 1 saturated heterocycles. The van der Waals surface area contributed by atoms with E-state index in [0.717, 1.165) is 28.0 Å². The second-order valence-electron chi connectivity index (χ2n) is 4.74. The van der Waals surface area contributed by atoms with Gasteiger partial charge >= 0.3 is 0 Å². The van der Waals surface area contributed by atoms with Crippen LogP contribution in [0.25, 0.3) is 0 Å². The fraction of sp³-hybridized carbons (Fsp3) is 0.400. The summed E-state index contributed by atoms with van der Waals surface area (Å²) in [5.41, 5.74) is 0.750. The van der Waals surface area contributed by atoms with Crippen LogP contribution in [0.15, 0.2) is 29.2 Å². The Kier molecular flexibility index (Phi) is 7.03. The number of rotatable bonds is 5. The number of nitriles is 1. The molecule has 1 amide bonds. The molecule has 0 aromatic heterocycles. The Morgan fingerprint density at radius 1 is 1.36 bits per heavy atom. The number of hydrogen-bond donors (Lipinski definition) is 1. The highest BCUT2D eigenvalue weighted by atomic mass is 32.2. The first-order chi connectivity index (χ1) is 10.7. The van der Waals surface area contributed by atoms with Gasteiger partial charge in [-0.3, -0.25) is 4.79 Å². The molecule has 1 aliphatic rings. The fourth-order valence-electron chi connectivity index (χ4n) is 2.11. The fourth-order valence-corrected chi connectivity index (χ4v) is 3.83. The van der Waals surface area contributed by atoms with Gasteiger partial charge < -0.3 is 10.2 Å². The van der Waals surface area contributed by atoms with E-state index in [2.05, 4.69) is 16.3 Å². The quantitative estimate of drug-likeness (QED) is 0.648. The summed E-state index contributed by atoms with van der Waals surface area (Å²) in [5.74, 6) is 0.601. The van der Waals surface area contributed by atoms with Crippen molar-refractivity contribution in [2.75, 3.05) is 29.9 Å². The molecule has 0 bridgehead atoms. The van der Waals surface area contributed by atoms with E-state index in [4.69, 9.17) is 17.5 Å². The van der Waals surface area contributed by atoms with Crippen molar-refractivity contribution >= 4 is 51.7 Å². The highest BCUT2D eigenvalue weighted by Gasteiger charge is 2.16. The zero-order valence-electron chi connectivity index (χ0n) is 12.1. The van der Waals surface area contributed by atoms with Crippen molar-refractivity contribution in [1.29, 1.82) is 5.26 Å². The molecule has 0 saturated carbocycles. The lowest BCUT2D eigenvalue weighted by molar-refractivity contribution is -0.113. The Bertz CT molecular complexity index is 580. The number of hydrogen-bond acceptors (Lipinski definition) is 5. The summed E-state index contributed by atoms with van der Waals surface area (Å²) in [7, 11) is 0. The number of anilines is 1. The summed E-state index contributed by atoms with van der Waals surface area (Å²) in [6, 6.07) is 9.61. The summed E-state index contributed by atoms with van der Waals surface area (Å²) >= 11 is 8.18. The molecule has 1 heterocycles. The first-order valence-corrected chi connectivity index (χ1v) is 9.39. The number of thiocarbonyl (C=S) groups is 1. The Morgan fingerprint density at radius 3 is 2.82 bits per heavy atom. The van der Waals surface area contributed by atoms with Crippen LogP contribution in [-0.2, 0) is 4.79 Å². The number of carbonyl (C=O) groups is 1. The molecule has 0 radical (unpaired) electrons. The van der Waals surface area contributed by atoms with Gasteiger partial charge in [-0.15, -0.1) is 11.8 Å². The average molecular weight is 352 g/mol. The Labute approximate surface area is 144 Å². The van der Waals surface area contributed by atoms with Crippen LogP contribution in [-0.4, -0.2) is 39.7 Å². The van der Waals surface area contributed by atoms with Crippen LogP contribution >= 0.6 is 35.7 Å². The van der Waals surface area contributed by atoms with Crippen molar-refractivity contribution in [3.8, 4) is 6.07 Å². The third-order valence-corrected chi connectivity index (χ3v) is 5.61. The second kappa shape index (κ2) is 9.03. The maximum Gasteiger partial charge on any atom is 0.234 e. The van der Waals surface area contributed by atoms with Crippen molar-refractivity contribution < 1.29 is 4.79 Å². The third kappa shape index (κ3) is 5.20. The lowest BCUT2D eigenvalue weighted by Gasteiger charge is -2.17. The third-order valence-electron chi connectivity index (χ3n) is 3.14. The van der Waals surface area contributed by atoms with Crippen LogP contribution in [0.2, 0.25) is 0 Å². The molecule has 1 aromatic carbocycles. The van der Waals surface area contributed by atoms with Gasteiger partial charge in [0.15, 0.2) is 0 Å². The van der Waals surface area contributed by atoms with Gasteiger partial charge in [-0.05, 0) is 25.0 Å². The molecule has 2 rings (SSSR count). The largest absolute Gasteiger partial charge is 0.358 e. The molecule has 0 unspecified atom stereocenters. The van der Waals surface area contributed by atoms with E-state index in [1.54, 1.807) is 0 Å². The van der Waals surface area contributed by atoms with Crippen LogP contribution in [0.5, 0.6) is 0 Å². The first kappa shape index (κ1) is 17.1. The van der Waals surface area contributed by atoms with Gasteiger partial charge in [0.25, 0.3) is 0 Å². The predicted molar refractivity (Wildman–Crippen MR) is 97.3 cm³/mol. The van der Waals surface area contributed by atoms with Gasteiger partial charge in [0.2, 0.25) is 5.91 Å². The molecule has 22 heavy (non-hydrogen) atoms. The van der Waals surface area contributed by atoms with Gasteiger partial charge in [-0.2, -0.15) is 5.26 Å². The summed E-state index contributed by atoms with van der Waals surface area (Å²) in [6.07, 6.45) is 2.35. The lowest BCUT2D eigenvalue weighted by atomic mass is 10.3. The predicted octanol–water partition coefficient (Wildman–Crippen LogP) is 3.35. The number of nitrogens with zero attached hydrogens (tertiary/aromatic N) is 2. The van der Waals surface area contributed by atoms with Crippen LogP contribution in [0.1, 0.15) is 12.8 Å². The molecule has 1 N–H and O–H groups in total. The molecule has 1 aliphatic heterocycles. The number of thioether (sulfide) groups is 2. The van der Waals surface area contributed by atoms with Crippen molar-refractivity contribution in [2.45, 2.75) is 17.7 Å². The van der Waals surface area contributed by atoms with E-state index in [9.17, 15) is 4.79 Å². The van der Waals surface area contributed by atoms with Crippen LogP contribution in [0.4, 0.5) is 5.69 Å². The molecule has 0 aliphatic carbocycles. The number of para-hydroxylation sites is 1. The second-order valence-corrected chi connectivity index (χ2v) is 7.37. The molecule has 0 atom stereocenters. The molecule has 4 nitrogen and oxygen atoms in total. The standard InChI is InChI=1S/C15H17N3OS3/c16-7-10-21-13-6-2-1-5-12(13)17-14(19)11-22-15(20)18-8-3-4-9-18/h1-2,5-6H,3-4,8-11H2,(H,17,19). The minimum Gasteiger partial charge on any atom is -0.358 e. The first-order valence-electron chi connectivity index (χ1n) is 7.01. The van der Waals surface area contributed by atoms with Crippen molar-refractivity contribution in [1.82, 2.24) is 4.90 Å². The van der Waals surface area contributed by atoms with E-state index < -0.39 is 0 Å². The Hall–Kier alpha value is -1.23. The van der Waals surface area contributed by atoms with Crippen LogP contribution < -0.4 is 5.32 Å². The maximum absolute atomic E-state index is 12.1. The molecule has 116 valence electrons. The van der Waals surface area contributed by atoms with Crippen LogP contribution in [0.3, 0.4) is 0 Å². The van der Waals surface area contributed by atoms with Gasteiger partial charge in [0.1, 0.15) is 4.32 Å². The smallest absolute Gasteiger partial charge is 0.234 e. The zero-order valence-corrected chi connectivity index (χ0v) is 14.5.